The molecular weight excluding hydrogens is 377 g/mol. The van der Waals surface area contributed by atoms with E-state index in [0.717, 1.165) is 50.0 Å². The molecule has 1 aliphatic carbocycles. The summed E-state index contributed by atoms with van der Waals surface area (Å²) >= 11 is 1.38. The molecule has 3 rings (SSSR count). The van der Waals surface area contributed by atoms with Gasteiger partial charge >= 0.3 is 0 Å². The van der Waals surface area contributed by atoms with Crippen LogP contribution in [0.3, 0.4) is 0 Å². The lowest BCUT2D eigenvalue weighted by Gasteiger charge is -2.21. The van der Waals surface area contributed by atoms with Crippen molar-refractivity contribution in [3.05, 3.63) is 39.6 Å². The summed E-state index contributed by atoms with van der Waals surface area (Å²) in [4.78, 5) is 30.0. The number of amides is 2. The van der Waals surface area contributed by atoms with Crippen LogP contribution in [0.4, 0.5) is 15.8 Å². The molecule has 28 heavy (non-hydrogen) atoms. The van der Waals surface area contributed by atoms with E-state index < -0.39 is 5.82 Å². The maximum Gasteiger partial charge on any atom is 0.267 e. The highest BCUT2D eigenvalue weighted by Gasteiger charge is 2.22. The summed E-state index contributed by atoms with van der Waals surface area (Å²) in [7, 11) is 0. The van der Waals surface area contributed by atoms with E-state index in [9.17, 15) is 14.0 Å². The second kappa shape index (κ2) is 9.28. The molecule has 0 bridgehead atoms. The molecule has 1 fully saturated rings. The molecule has 1 saturated carbocycles. The van der Waals surface area contributed by atoms with Crippen LogP contribution in [0.15, 0.2) is 18.2 Å². The number of carbonyl (C=O) groups excluding carboxylic acids is 2. The van der Waals surface area contributed by atoms with Gasteiger partial charge in [0.1, 0.15) is 10.7 Å². The van der Waals surface area contributed by atoms with Gasteiger partial charge in [0.2, 0.25) is 5.91 Å². The minimum atomic E-state index is -0.513. The van der Waals surface area contributed by atoms with Gasteiger partial charge in [0.15, 0.2) is 0 Å². The Bertz CT molecular complexity index is 859. The number of aromatic nitrogens is 1. The predicted octanol–water partition coefficient (Wildman–Crippen LogP) is 5.31. The van der Waals surface area contributed by atoms with Crippen molar-refractivity contribution < 1.29 is 14.0 Å². The van der Waals surface area contributed by atoms with Gasteiger partial charge in [0, 0.05) is 11.6 Å². The lowest BCUT2D eigenvalue weighted by atomic mass is 9.88. The second-order valence-electron chi connectivity index (χ2n) is 7.25. The average molecular weight is 404 g/mol. The lowest BCUT2D eigenvalue weighted by Crippen LogP contribution is -2.25. The molecule has 1 aliphatic rings. The highest BCUT2D eigenvalue weighted by molar-refractivity contribution is 7.13. The first kappa shape index (κ1) is 20.5. The molecule has 1 heterocycles. The van der Waals surface area contributed by atoms with Crippen LogP contribution in [0.2, 0.25) is 0 Å². The number of aryl methyl sites for hydroxylation is 2. The topological polar surface area (TPSA) is 71.1 Å². The van der Waals surface area contributed by atoms with Crippen LogP contribution >= 0.6 is 11.3 Å². The molecule has 5 nitrogen and oxygen atoms in total. The zero-order valence-corrected chi connectivity index (χ0v) is 17.1. The van der Waals surface area contributed by atoms with E-state index in [2.05, 4.69) is 22.5 Å². The molecule has 0 atom stereocenters. The van der Waals surface area contributed by atoms with Gasteiger partial charge in [-0.2, -0.15) is 0 Å². The first-order valence-corrected chi connectivity index (χ1v) is 10.7. The number of anilines is 2. The van der Waals surface area contributed by atoms with Crippen LogP contribution in [0.5, 0.6) is 0 Å². The molecule has 0 radical (unpaired) electrons. The van der Waals surface area contributed by atoms with Gasteiger partial charge in [-0.3, -0.25) is 9.59 Å². The minimum absolute atomic E-state index is 0.0665. The van der Waals surface area contributed by atoms with Crippen LogP contribution in [-0.4, -0.2) is 16.8 Å². The Balaban J connectivity index is 1.70. The first-order valence-electron chi connectivity index (χ1n) is 9.86. The van der Waals surface area contributed by atoms with Gasteiger partial charge in [-0.15, -0.1) is 11.3 Å². The fraction of sp³-hybridized carbons (Fsp3) is 0.476. The minimum Gasteiger partial charge on any atom is -0.323 e. The zero-order chi connectivity index (χ0) is 20.1. The smallest absolute Gasteiger partial charge is 0.267 e. The Morgan fingerprint density at radius 2 is 1.96 bits per heavy atom. The highest BCUT2D eigenvalue weighted by atomic mass is 32.1. The van der Waals surface area contributed by atoms with Gasteiger partial charge in [0.25, 0.3) is 5.91 Å². The van der Waals surface area contributed by atoms with Crippen LogP contribution < -0.4 is 10.6 Å². The van der Waals surface area contributed by atoms with E-state index in [1.165, 1.54) is 29.5 Å². The first-order chi connectivity index (χ1) is 13.5. The molecule has 0 aliphatic heterocycles. The van der Waals surface area contributed by atoms with Gasteiger partial charge in [0.05, 0.1) is 16.4 Å². The van der Waals surface area contributed by atoms with Crippen molar-refractivity contribution in [3.63, 3.8) is 0 Å². The summed E-state index contributed by atoms with van der Waals surface area (Å²) in [5.41, 5.74) is 1.23. The van der Waals surface area contributed by atoms with Gasteiger partial charge in [-0.25, -0.2) is 9.37 Å². The predicted molar refractivity (Wildman–Crippen MR) is 110 cm³/mol. The van der Waals surface area contributed by atoms with E-state index in [4.69, 9.17) is 0 Å². The molecule has 1 aromatic carbocycles. The van der Waals surface area contributed by atoms with Crippen molar-refractivity contribution in [2.45, 2.75) is 58.8 Å². The summed E-state index contributed by atoms with van der Waals surface area (Å²) < 4.78 is 14.2. The Kier molecular flexibility index (Phi) is 6.78. The molecule has 2 N–H and O–H groups in total. The fourth-order valence-electron chi connectivity index (χ4n) is 3.47. The number of benzene rings is 1. The number of rotatable bonds is 6. The van der Waals surface area contributed by atoms with Crippen LogP contribution in [-0.2, 0) is 11.2 Å². The van der Waals surface area contributed by atoms with E-state index in [1.54, 1.807) is 0 Å². The fourth-order valence-corrected chi connectivity index (χ4v) is 4.53. The molecule has 150 valence electrons. The van der Waals surface area contributed by atoms with Gasteiger partial charge in [-0.1, -0.05) is 26.2 Å². The van der Waals surface area contributed by atoms with Crippen molar-refractivity contribution >= 4 is 34.5 Å². The summed E-state index contributed by atoms with van der Waals surface area (Å²) in [6.07, 6.45) is 6.71. The Hall–Kier alpha value is -2.28. The number of nitrogens with one attached hydrogen (secondary N) is 2. The Labute approximate surface area is 168 Å². The number of nitrogens with zero attached hydrogens (tertiary/aromatic N) is 1. The molecule has 0 unspecified atom stereocenters. The summed E-state index contributed by atoms with van der Waals surface area (Å²) in [5.74, 6) is -0.998. The number of halogens is 1. The van der Waals surface area contributed by atoms with Crippen molar-refractivity contribution in [1.29, 1.82) is 0 Å². The van der Waals surface area contributed by atoms with Gasteiger partial charge < -0.3 is 10.6 Å². The van der Waals surface area contributed by atoms with E-state index in [-0.39, 0.29) is 23.4 Å². The van der Waals surface area contributed by atoms with Crippen LogP contribution in [0, 0.1) is 18.7 Å². The maximum absolute atomic E-state index is 14.2. The highest BCUT2D eigenvalue weighted by Crippen LogP contribution is 2.27. The number of hydrogen-bond donors (Lipinski definition) is 2. The standard InChI is InChI=1S/C21H26FN3O2S/c1-3-7-18-23-13(2)19(28-18)21(27)24-15-10-11-16(22)17(12-15)25-20(26)14-8-5-4-6-9-14/h10-12,14H,3-9H2,1-2H3,(H,24,27)(H,25,26). The van der Waals surface area contributed by atoms with Crippen molar-refractivity contribution in [3.8, 4) is 0 Å². The summed E-state index contributed by atoms with van der Waals surface area (Å²) in [6, 6.07) is 4.22. The van der Waals surface area contributed by atoms with Crippen molar-refractivity contribution in [2.24, 2.45) is 5.92 Å². The van der Waals surface area contributed by atoms with Crippen molar-refractivity contribution in [2.75, 3.05) is 10.6 Å². The number of hydrogen-bond acceptors (Lipinski definition) is 4. The lowest BCUT2D eigenvalue weighted by molar-refractivity contribution is -0.120. The molecule has 0 spiro atoms. The van der Waals surface area contributed by atoms with Crippen LogP contribution in [0.1, 0.15) is 65.8 Å². The third-order valence-electron chi connectivity index (χ3n) is 4.97. The van der Waals surface area contributed by atoms with E-state index in [1.807, 2.05) is 6.92 Å². The molecule has 2 amide bonds. The largest absolute Gasteiger partial charge is 0.323 e. The Morgan fingerprint density at radius 3 is 2.68 bits per heavy atom. The Morgan fingerprint density at radius 1 is 1.21 bits per heavy atom. The maximum atomic E-state index is 14.2. The van der Waals surface area contributed by atoms with Crippen LogP contribution in [0.25, 0.3) is 0 Å². The third kappa shape index (κ3) is 4.95. The molecule has 7 heteroatoms. The monoisotopic (exact) mass is 403 g/mol. The van der Waals surface area contributed by atoms with Gasteiger partial charge in [-0.05, 0) is 50.8 Å². The normalized spacial score (nSPS) is 14.7. The van der Waals surface area contributed by atoms with E-state index >= 15 is 0 Å². The van der Waals surface area contributed by atoms with E-state index in [0.29, 0.717) is 16.3 Å². The number of carbonyl (C=O) groups is 2. The van der Waals surface area contributed by atoms with Crippen molar-refractivity contribution in [1.82, 2.24) is 4.98 Å². The average Bonchev–Trinajstić information content (AvgIpc) is 3.06. The SMILES string of the molecule is CCCc1nc(C)c(C(=O)Nc2ccc(F)c(NC(=O)C3CCCCC3)c2)s1. The summed E-state index contributed by atoms with van der Waals surface area (Å²) in [6.45, 7) is 3.88. The molecular formula is C21H26FN3O2S. The molecule has 1 aromatic heterocycles. The number of thiazole rings is 1. The molecule has 0 saturated heterocycles. The second-order valence-corrected chi connectivity index (χ2v) is 8.33. The quantitative estimate of drug-likeness (QED) is 0.686. The molecule has 2 aromatic rings. The zero-order valence-electron chi connectivity index (χ0n) is 16.3. The summed E-state index contributed by atoms with van der Waals surface area (Å²) in [5, 5.41) is 6.41. The third-order valence-corrected chi connectivity index (χ3v) is 6.19.